The summed E-state index contributed by atoms with van der Waals surface area (Å²) in [6, 6.07) is 0. The highest BCUT2D eigenvalue weighted by Crippen LogP contribution is 1.89. The van der Waals surface area contributed by atoms with Crippen LogP contribution in [0.3, 0.4) is 0 Å². The van der Waals surface area contributed by atoms with E-state index < -0.39 is 11.8 Å². The molecule has 0 aliphatic heterocycles. The quantitative estimate of drug-likeness (QED) is 0.342. The molecule has 0 aromatic carbocycles. The van der Waals surface area contributed by atoms with Gasteiger partial charge in [0, 0.05) is 6.42 Å². The Bertz CT molecular complexity index is 118. The fraction of sp³-hybridized carbons (Fsp3) is 0.600. The number of hydrogen-bond acceptors (Lipinski definition) is 4. The minimum atomic E-state index is -1.18. The molecular weight excluding hydrogens is 124 g/mol. The monoisotopic (exact) mass is 132 g/mol. The fourth-order valence-corrected chi connectivity index (χ4v) is 0.380. The summed E-state index contributed by atoms with van der Waals surface area (Å²) in [6.07, 6.45) is 0.702. The molecule has 0 aromatic heterocycles. The average Bonchev–Trinajstić information content (AvgIpc) is 1.87. The zero-order chi connectivity index (χ0) is 7.28. The molecule has 0 fully saturated rings. The highest BCUT2D eigenvalue weighted by Gasteiger charge is 2.12. The van der Waals surface area contributed by atoms with Crippen LogP contribution in [0, 0.1) is 0 Å². The van der Waals surface area contributed by atoms with Crippen LogP contribution in [0.25, 0.3) is 0 Å². The fourth-order valence-electron chi connectivity index (χ4n) is 0.380. The van der Waals surface area contributed by atoms with Crippen LogP contribution in [0.2, 0.25) is 0 Å². The van der Waals surface area contributed by atoms with Crippen LogP contribution in [0.15, 0.2) is 0 Å². The van der Waals surface area contributed by atoms with Crippen LogP contribution >= 0.6 is 0 Å². The third kappa shape index (κ3) is 2.81. The maximum atomic E-state index is 10.3. The number of ketones is 1. The van der Waals surface area contributed by atoms with Gasteiger partial charge in [-0.2, -0.15) is 5.26 Å². The molecule has 0 amide bonds. The van der Waals surface area contributed by atoms with Gasteiger partial charge in [-0.25, -0.2) is 4.79 Å². The van der Waals surface area contributed by atoms with E-state index in [1.165, 1.54) is 0 Å². The maximum absolute atomic E-state index is 10.3. The molecule has 0 spiro atoms. The Balaban J connectivity index is 3.60. The summed E-state index contributed by atoms with van der Waals surface area (Å²) in [7, 11) is 0. The molecule has 4 nitrogen and oxygen atoms in total. The van der Waals surface area contributed by atoms with E-state index in [2.05, 4.69) is 4.89 Å². The van der Waals surface area contributed by atoms with Gasteiger partial charge in [-0.3, -0.25) is 9.68 Å². The topological polar surface area (TPSA) is 63.6 Å². The largest absolute Gasteiger partial charge is 0.408 e. The van der Waals surface area contributed by atoms with Crippen molar-refractivity contribution in [1.82, 2.24) is 0 Å². The SMILES string of the molecule is CCCC(=O)C(=O)OO. The number of Topliss-reactive ketones (excluding diaryl/α,β-unsaturated/α-hetero) is 1. The van der Waals surface area contributed by atoms with Crippen LogP contribution in [0.4, 0.5) is 0 Å². The molecule has 0 saturated carbocycles. The Labute approximate surface area is 52.4 Å². The molecule has 0 heterocycles. The third-order valence-electron chi connectivity index (χ3n) is 0.788. The molecule has 0 saturated heterocycles. The minimum absolute atomic E-state index is 0.124. The van der Waals surface area contributed by atoms with Gasteiger partial charge < -0.3 is 0 Å². The summed E-state index contributed by atoms with van der Waals surface area (Å²) < 4.78 is 0. The van der Waals surface area contributed by atoms with E-state index in [0.717, 1.165) is 0 Å². The predicted molar refractivity (Wildman–Crippen MR) is 28.6 cm³/mol. The molecule has 0 radical (unpaired) electrons. The molecule has 9 heavy (non-hydrogen) atoms. The summed E-state index contributed by atoms with van der Waals surface area (Å²) >= 11 is 0. The molecule has 52 valence electrons. The van der Waals surface area contributed by atoms with Gasteiger partial charge >= 0.3 is 5.97 Å². The maximum Gasteiger partial charge on any atom is 0.408 e. The summed E-state index contributed by atoms with van der Waals surface area (Å²) in [5.74, 6) is -1.88. The first-order chi connectivity index (χ1) is 4.22. The molecular formula is C5H8O4. The van der Waals surface area contributed by atoms with Gasteiger partial charge in [-0.15, -0.1) is 0 Å². The van der Waals surface area contributed by atoms with E-state index in [4.69, 9.17) is 5.26 Å². The highest BCUT2D eigenvalue weighted by molar-refractivity contribution is 6.33. The van der Waals surface area contributed by atoms with Crippen LogP contribution < -0.4 is 0 Å². The first-order valence-electron chi connectivity index (χ1n) is 2.61. The third-order valence-corrected chi connectivity index (χ3v) is 0.788. The van der Waals surface area contributed by atoms with Gasteiger partial charge in [-0.05, 0) is 6.42 Å². The Kier molecular flexibility index (Phi) is 3.62. The molecule has 1 N–H and O–H groups in total. The van der Waals surface area contributed by atoms with Crippen molar-refractivity contribution in [1.29, 1.82) is 0 Å². The van der Waals surface area contributed by atoms with Crippen molar-refractivity contribution in [3.8, 4) is 0 Å². The van der Waals surface area contributed by atoms with Gasteiger partial charge in [0.15, 0.2) is 0 Å². The van der Waals surface area contributed by atoms with E-state index in [1.54, 1.807) is 6.92 Å². The number of rotatable bonds is 3. The Morgan fingerprint density at radius 1 is 1.56 bits per heavy atom. The van der Waals surface area contributed by atoms with Crippen LogP contribution in [-0.2, 0) is 14.5 Å². The first-order valence-corrected chi connectivity index (χ1v) is 2.61. The van der Waals surface area contributed by atoms with Crippen molar-refractivity contribution in [3.63, 3.8) is 0 Å². The standard InChI is InChI=1S/C5H8O4/c1-2-3-4(6)5(7)9-8/h8H,2-3H2,1H3. The summed E-state index contributed by atoms with van der Waals surface area (Å²) in [6.45, 7) is 1.75. The van der Waals surface area contributed by atoms with Crippen LogP contribution in [0.5, 0.6) is 0 Å². The highest BCUT2D eigenvalue weighted by atomic mass is 17.1. The molecule has 0 rings (SSSR count). The van der Waals surface area contributed by atoms with Crippen LogP contribution in [0.1, 0.15) is 19.8 Å². The Hall–Kier alpha value is -0.900. The first kappa shape index (κ1) is 8.10. The van der Waals surface area contributed by atoms with E-state index in [-0.39, 0.29) is 6.42 Å². The second-order valence-electron chi connectivity index (χ2n) is 1.55. The normalized spacial score (nSPS) is 8.67. The molecule has 0 aliphatic rings. The summed E-state index contributed by atoms with van der Waals surface area (Å²) in [4.78, 5) is 23.6. The van der Waals surface area contributed by atoms with Gasteiger partial charge in [0.2, 0.25) is 5.78 Å². The smallest absolute Gasteiger partial charge is 0.292 e. The van der Waals surface area contributed by atoms with Gasteiger partial charge in [0.25, 0.3) is 0 Å². The second kappa shape index (κ2) is 4.03. The number of hydrogen-bond donors (Lipinski definition) is 1. The van der Waals surface area contributed by atoms with Crippen molar-refractivity contribution in [2.45, 2.75) is 19.8 Å². The minimum Gasteiger partial charge on any atom is -0.292 e. The zero-order valence-electron chi connectivity index (χ0n) is 5.09. The van der Waals surface area contributed by atoms with E-state index in [1.807, 2.05) is 0 Å². The molecule has 0 atom stereocenters. The Morgan fingerprint density at radius 3 is 2.44 bits per heavy atom. The average molecular weight is 132 g/mol. The molecule has 0 bridgehead atoms. The lowest BCUT2D eigenvalue weighted by Crippen LogP contribution is -2.14. The lowest BCUT2D eigenvalue weighted by atomic mass is 10.2. The second-order valence-corrected chi connectivity index (χ2v) is 1.55. The van der Waals surface area contributed by atoms with E-state index in [9.17, 15) is 9.59 Å². The molecule has 0 aromatic rings. The van der Waals surface area contributed by atoms with E-state index >= 15 is 0 Å². The summed E-state index contributed by atoms with van der Waals surface area (Å²) in [5.41, 5.74) is 0. The van der Waals surface area contributed by atoms with Crippen molar-refractivity contribution in [2.75, 3.05) is 0 Å². The number of carbonyl (C=O) groups excluding carboxylic acids is 2. The van der Waals surface area contributed by atoms with Gasteiger partial charge in [0.05, 0.1) is 0 Å². The van der Waals surface area contributed by atoms with Crippen molar-refractivity contribution in [3.05, 3.63) is 0 Å². The number of carbonyl (C=O) groups is 2. The van der Waals surface area contributed by atoms with Gasteiger partial charge in [-0.1, -0.05) is 6.92 Å². The van der Waals surface area contributed by atoms with Crippen LogP contribution in [-0.4, -0.2) is 17.0 Å². The molecule has 0 unspecified atom stereocenters. The Morgan fingerprint density at radius 2 is 2.11 bits per heavy atom. The predicted octanol–water partition coefficient (Wildman–Crippen LogP) is 0.372. The van der Waals surface area contributed by atoms with Crippen molar-refractivity contribution in [2.24, 2.45) is 0 Å². The van der Waals surface area contributed by atoms with Crippen molar-refractivity contribution >= 4 is 11.8 Å². The molecule has 0 aliphatic carbocycles. The van der Waals surface area contributed by atoms with Crippen molar-refractivity contribution < 1.29 is 19.7 Å². The zero-order valence-corrected chi connectivity index (χ0v) is 5.09. The van der Waals surface area contributed by atoms with E-state index in [0.29, 0.717) is 6.42 Å². The lowest BCUT2D eigenvalue weighted by Gasteiger charge is -1.90. The van der Waals surface area contributed by atoms with Gasteiger partial charge in [0.1, 0.15) is 0 Å². The molecule has 4 heteroatoms. The summed E-state index contributed by atoms with van der Waals surface area (Å²) in [5, 5.41) is 7.66. The lowest BCUT2D eigenvalue weighted by molar-refractivity contribution is -0.232.